The second-order valence-corrected chi connectivity index (χ2v) is 8.61. The van der Waals surface area contributed by atoms with Gasteiger partial charge in [-0.3, -0.25) is 4.79 Å². The molecule has 0 bridgehead atoms. The van der Waals surface area contributed by atoms with E-state index < -0.39 is 10.0 Å². The highest BCUT2D eigenvalue weighted by molar-refractivity contribution is 7.89. The van der Waals surface area contributed by atoms with Crippen molar-refractivity contribution in [2.45, 2.75) is 51.1 Å². The number of benzene rings is 1. The normalized spacial score (nSPS) is 15.8. The number of hydrogen-bond acceptors (Lipinski definition) is 3. The molecule has 23 heavy (non-hydrogen) atoms. The summed E-state index contributed by atoms with van der Waals surface area (Å²) in [4.78, 5) is 14.6. The van der Waals surface area contributed by atoms with Crippen molar-refractivity contribution < 1.29 is 13.2 Å². The lowest BCUT2D eigenvalue weighted by molar-refractivity contribution is -0.135. The fourth-order valence-corrected chi connectivity index (χ4v) is 3.80. The Hall–Kier alpha value is -1.40. The van der Waals surface area contributed by atoms with Crippen LogP contribution in [0.25, 0.3) is 0 Å². The maximum absolute atomic E-state index is 12.5. The first-order valence-electron chi connectivity index (χ1n) is 8.10. The van der Waals surface area contributed by atoms with Crippen LogP contribution in [0.1, 0.15) is 44.2 Å². The van der Waals surface area contributed by atoms with Gasteiger partial charge < -0.3 is 4.90 Å². The Morgan fingerprint density at radius 2 is 1.91 bits per heavy atom. The molecule has 1 heterocycles. The van der Waals surface area contributed by atoms with Gasteiger partial charge in [-0.25, -0.2) is 12.7 Å². The molecule has 1 aromatic carbocycles. The first-order chi connectivity index (χ1) is 10.8. The number of fused-ring (bicyclic) bond motifs is 1. The molecule has 1 aromatic rings. The second-order valence-electron chi connectivity index (χ2n) is 6.46. The predicted octanol–water partition coefficient (Wildman–Crippen LogP) is 2.61. The average Bonchev–Trinajstić information content (AvgIpc) is 2.94. The van der Waals surface area contributed by atoms with Crippen molar-refractivity contribution in [2.24, 2.45) is 5.92 Å². The van der Waals surface area contributed by atoms with E-state index in [-0.39, 0.29) is 16.7 Å². The Labute approximate surface area is 139 Å². The Morgan fingerprint density at radius 3 is 2.52 bits per heavy atom. The Balaban J connectivity index is 2.15. The standard InChI is InChI=1S/C17H26N2O3S/c1-5-6-7-13(2)17(20)19-11-14-8-9-16(10-15(14)12-19)23(21,22)18(3)4/h8-10,13H,5-7,11-12H2,1-4H3/t13-/m0/s1. The van der Waals surface area contributed by atoms with E-state index in [1.165, 1.54) is 18.4 Å². The molecule has 5 nitrogen and oxygen atoms in total. The van der Waals surface area contributed by atoms with Crippen LogP contribution in [0.15, 0.2) is 23.1 Å². The molecule has 0 aromatic heterocycles. The van der Waals surface area contributed by atoms with Crippen molar-refractivity contribution >= 4 is 15.9 Å². The van der Waals surface area contributed by atoms with E-state index in [4.69, 9.17) is 0 Å². The van der Waals surface area contributed by atoms with E-state index in [2.05, 4.69) is 6.92 Å². The lowest BCUT2D eigenvalue weighted by Gasteiger charge is -2.20. The maximum atomic E-state index is 12.5. The molecular weight excluding hydrogens is 312 g/mol. The first-order valence-corrected chi connectivity index (χ1v) is 9.54. The van der Waals surface area contributed by atoms with E-state index >= 15 is 0 Å². The van der Waals surface area contributed by atoms with Gasteiger partial charge in [-0.15, -0.1) is 0 Å². The molecular formula is C17H26N2O3S. The molecule has 128 valence electrons. The van der Waals surface area contributed by atoms with Gasteiger partial charge in [0.25, 0.3) is 0 Å². The van der Waals surface area contributed by atoms with Gasteiger partial charge in [-0.05, 0) is 29.7 Å². The van der Waals surface area contributed by atoms with Gasteiger partial charge in [-0.2, -0.15) is 0 Å². The third-order valence-corrected chi connectivity index (χ3v) is 6.21. The van der Waals surface area contributed by atoms with Gasteiger partial charge in [0, 0.05) is 33.1 Å². The van der Waals surface area contributed by atoms with E-state index in [1.54, 1.807) is 12.1 Å². The van der Waals surface area contributed by atoms with Crippen LogP contribution in [-0.4, -0.2) is 37.6 Å². The topological polar surface area (TPSA) is 57.7 Å². The maximum Gasteiger partial charge on any atom is 0.242 e. The smallest absolute Gasteiger partial charge is 0.242 e. The van der Waals surface area contributed by atoms with Crippen LogP contribution in [0.4, 0.5) is 0 Å². The number of rotatable bonds is 6. The van der Waals surface area contributed by atoms with Gasteiger partial charge in [0.1, 0.15) is 0 Å². The highest BCUT2D eigenvalue weighted by Gasteiger charge is 2.28. The summed E-state index contributed by atoms with van der Waals surface area (Å²) in [6.07, 6.45) is 3.05. The van der Waals surface area contributed by atoms with Crippen molar-refractivity contribution in [3.8, 4) is 0 Å². The van der Waals surface area contributed by atoms with Crippen LogP contribution in [-0.2, 0) is 27.9 Å². The lowest BCUT2D eigenvalue weighted by atomic mass is 10.0. The molecule has 1 aliphatic rings. The number of nitrogens with zero attached hydrogens (tertiary/aromatic N) is 2. The Kier molecular flexibility index (Phi) is 5.47. The van der Waals surface area contributed by atoms with Crippen molar-refractivity contribution in [2.75, 3.05) is 14.1 Å². The van der Waals surface area contributed by atoms with E-state index in [0.717, 1.165) is 30.4 Å². The van der Waals surface area contributed by atoms with Crippen LogP contribution in [0.3, 0.4) is 0 Å². The zero-order valence-electron chi connectivity index (χ0n) is 14.4. The molecule has 0 aliphatic carbocycles. The lowest BCUT2D eigenvalue weighted by Crippen LogP contribution is -2.30. The summed E-state index contributed by atoms with van der Waals surface area (Å²) in [7, 11) is -0.391. The molecule has 1 aliphatic heterocycles. The summed E-state index contributed by atoms with van der Waals surface area (Å²) in [6.45, 7) is 5.17. The zero-order valence-corrected chi connectivity index (χ0v) is 15.2. The first kappa shape index (κ1) is 17.9. The van der Waals surface area contributed by atoms with Crippen molar-refractivity contribution in [3.63, 3.8) is 0 Å². The summed E-state index contributed by atoms with van der Waals surface area (Å²) in [5, 5.41) is 0. The van der Waals surface area contributed by atoms with E-state index in [1.807, 2.05) is 17.9 Å². The van der Waals surface area contributed by atoms with Gasteiger partial charge in [-0.1, -0.05) is 32.8 Å². The third kappa shape index (κ3) is 3.75. The van der Waals surface area contributed by atoms with E-state index in [9.17, 15) is 13.2 Å². The SMILES string of the molecule is CCCC[C@H](C)C(=O)N1Cc2ccc(S(=O)(=O)N(C)C)cc2C1. The monoisotopic (exact) mass is 338 g/mol. The molecule has 0 saturated carbocycles. The molecule has 0 saturated heterocycles. The number of carbonyl (C=O) groups is 1. The van der Waals surface area contributed by atoms with Gasteiger partial charge in [0.2, 0.25) is 15.9 Å². The number of hydrogen-bond donors (Lipinski definition) is 0. The van der Waals surface area contributed by atoms with E-state index in [0.29, 0.717) is 13.1 Å². The highest BCUT2D eigenvalue weighted by atomic mass is 32.2. The van der Waals surface area contributed by atoms with Crippen LogP contribution >= 0.6 is 0 Å². The summed E-state index contributed by atoms with van der Waals surface area (Å²) in [6, 6.07) is 5.16. The molecule has 1 atom stereocenters. The number of carbonyl (C=O) groups excluding carboxylic acids is 1. The molecule has 0 spiro atoms. The van der Waals surface area contributed by atoms with Crippen molar-refractivity contribution in [1.29, 1.82) is 0 Å². The minimum Gasteiger partial charge on any atom is -0.334 e. The molecule has 0 N–H and O–H groups in total. The van der Waals surface area contributed by atoms with Crippen molar-refractivity contribution in [1.82, 2.24) is 9.21 Å². The Morgan fingerprint density at radius 1 is 1.26 bits per heavy atom. The summed E-state index contributed by atoms with van der Waals surface area (Å²) in [5.74, 6) is 0.181. The fraction of sp³-hybridized carbons (Fsp3) is 0.588. The molecule has 0 radical (unpaired) electrons. The predicted molar refractivity (Wildman–Crippen MR) is 90.3 cm³/mol. The van der Waals surface area contributed by atoms with Gasteiger partial charge in [0.15, 0.2) is 0 Å². The average molecular weight is 338 g/mol. The Bertz CT molecular complexity index is 683. The molecule has 0 unspecified atom stereocenters. The van der Waals surface area contributed by atoms with Gasteiger partial charge >= 0.3 is 0 Å². The quantitative estimate of drug-likeness (QED) is 0.801. The third-order valence-electron chi connectivity index (χ3n) is 4.40. The van der Waals surface area contributed by atoms with Crippen molar-refractivity contribution in [3.05, 3.63) is 29.3 Å². The largest absolute Gasteiger partial charge is 0.334 e. The number of sulfonamides is 1. The van der Waals surface area contributed by atoms with Crippen LogP contribution in [0.5, 0.6) is 0 Å². The number of amides is 1. The summed E-state index contributed by atoms with van der Waals surface area (Å²) in [5.41, 5.74) is 1.97. The van der Waals surface area contributed by atoms with Gasteiger partial charge in [0.05, 0.1) is 4.90 Å². The second kappa shape index (κ2) is 7.01. The fourth-order valence-electron chi connectivity index (χ4n) is 2.84. The zero-order chi connectivity index (χ0) is 17.2. The van der Waals surface area contributed by atoms with Crippen LogP contribution < -0.4 is 0 Å². The highest BCUT2D eigenvalue weighted by Crippen LogP contribution is 2.28. The minimum atomic E-state index is -3.43. The molecule has 6 heteroatoms. The molecule has 0 fully saturated rings. The minimum absolute atomic E-state index is 0.0224. The molecule has 1 amide bonds. The number of unbranched alkanes of at least 4 members (excludes halogenated alkanes) is 1. The molecule has 2 rings (SSSR count). The summed E-state index contributed by atoms with van der Waals surface area (Å²) >= 11 is 0. The van der Waals surface area contributed by atoms with Crippen LogP contribution in [0, 0.1) is 5.92 Å². The van der Waals surface area contributed by atoms with Crippen LogP contribution in [0.2, 0.25) is 0 Å². The summed E-state index contributed by atoms with van der Waals surface area (Å²) < 4.78 is 25.6.